The molecule has 0 saturated heterocycles. The molecule has 0 aliphatic carbocycles. The van der Waals surface area contributed by atoms with E-state index in [9.17, 15) is 14.7 Å². The molecule has 1 unspecified atom stereocenters. The van der Waals surface area contributed by atoms with Gasteiger partial charge in [0.15, 0.2) is 0 Å². The number of nitrogens with one attached hydrogen (secondary N) is 1. The normalized spacial score (nSPS) is 11.7. The van der Waals surface area contributed by atoms with E-state index in [-0.39, 0.29) is 12.6 Å². The van der Waals surface area contributed by atoms with Crippen LogP contribution in [0.4, 0.5) is 4.79 Å². The van der Waals surface area contributed by atoms with Crippen LogP contribution in [0.15, 0.2) is 30.3 Å². The van der Waals surface area contributed by atoms with Crippen molar-refractivity contribution in [3.8, 4) is 0 Å². The van der Waals surface area contributed by atoms with E-state index >= 15 is 0 Å². The molecule has 0 radical (unpaired) electrons. The molecule has 1 rings (SSSR count). The molecule has 21 heavy (non-hydrogen) atoms. The highest BCUT2D eigenvalue weighted by Gasteiger charge is 2.21. The van der Waals surface area contributed by atoms with E-state index in [4.69, 9.17) is 4.74 Å². The lowest BCUT2D eigenvalue weighted by Crippen LogP contribution is -2.41. The van der Waals surface area contributed by atoms with Crippen LogP contribution in [0, 0.1) is 0 Å². The molecular weight excluding hydrogens is 272 g/mol. The van der Waals surface area contributed by atoms with Crippen LogP contribution >= 0.6 is 0 Å². The molecule has 0 spiro atoms. The van der Waals surface area contributed by atoms with Crippen molar-refractivity contribution in [2.75, 3.05) is 33.4 Å². The molecule has 2 N–H and O–H groups in total. The molecule has 0 aliphatic rings. The molecule has 0 bridgehead atoms. The summed E-state index contributed by atoms with van der Waals surface area (Å²) in [5, 5.41) is 11.9. The zero-order valence-electron chi connectivity index (χ0n) is 12.4. The van der Waals surface area contributed by atoms with Crippen molar-refractivity contribution < 1.29 is 19.4 Å². The Kier molecular flexibility index (Phi) is 7.25. The lowest BCUT2D eigenvalue weighted by Gasteiger charge is -2.20. The SMILES string of the molecule is CCOCCN(C)C(=O)NCC(C(=O)O)c1ccccc1. The van der Waals surface area contributed by atoms with Crippen LogP contribution in [0.2, 0.25) is 0 Å². The Hall–Kier alpha value is -2.08. The second-order valence-electron chi connectivity index (χ2n) is 4.61. The Bertz CT molecular complexity index is 450. The highest BCUT2D eigenvalue weighted by atomic mass is 16.5. The second kappa shape index (κ2) is 8.97. The molecule has 0 fully saturated rings. The van der Waals surface area contributed by atoms with Gasteiger partial charge in [0.2, 0.25) is 0 Å². The maximum atomic E-state index is 11.9. The van der Waals surface area contributed by atoms with Crippen LogP contribution in [-0.2, 0) is 9.53 Å². The Morgan fingerprint density at radius 3 is 2.57 bits per heavy atom. The molecule has 116 valence electrons. The predicted molar refractivity (Wildman–Crippen MR) is 79.3 cm³/mol. The number of carboxylic acids is 1. The van der Waals surface area contributed by atoms with E-state index in [0.717, 1.165) is 0 Å². The number of aliphatic carboxylic acids is 1. The fourth-order valence-electron chi connectivity index (χ4n) is 1.80. The third kappa shape index (κ3) is 5.83. The molecule has 1 atom stereocenters. The summed E-state index contributed by atoms with van der Waals surface area (Å²) in [4.78, 5) is 24.6. The number of carboxylic acid groups (broad SMARTS) is 1. The predicted octanol–water partition coefficient (Wildman–Crippen LogP) is 1.53. The molecule has 1 aromatic carbocycles. The van der Waals surface area contributed by atoms with E-state index in [2.05, 4.69) is 5.32 Å². The first-order chi connectivity index (χ1) is 10.1. The fraction of sp³-hybridized carbons (Fsp3) is 0.467. The van der Waals surface area contributed by atoms with Crippen molar-refractivity contribution in [2.24, 2.45) is 0 Å². The summed E-state index contributed by atoms with van der Waals surface area (Å²) in [5.41, 5.74) is 0.669. The second-order valence-corrected chi connectivity index (χ2v) is 4.61. The molecular formula is C15H22N2O4. The van der Waals surface area contributed by atoms with Crippen molar-refractivity contribution in [1.29, 1.82) is 0 Å². The average molecular weight is 294 g/mol. The highest BCUT2D eigenvalue weighted by molar-refractivity contribution is 5.79. The van der Waals surface area contributed by atoms with Crippen LogP contribution in [-0.4, -0.2) is 55.4 Å². The number of nitrogens with zero attached hydrogens (tertiary/aromatic N) is 1. The molecule has 6 heteroatoms. The summed E-state index contributed by atoms with van der Waals surface area (Å²) < 4.78 is 5.17. The van der Waals surface area contributed by atoms with Gasteiger partial charge < -0.3 is 20.1 Å². The van der Waals surface area contributed by atoms with Crippen LogP contribution in [0.5, 0.6) is 0 Å². The number of hydrogen-bond acceptors (Lipinski definition) is 3. The Morgan fingerprint density at radius 2 is 2.00 bits per heavy atom. The minimum atomic E-state index is -0.960. The van der Waals surface area contributed by atoms with Gasteiger partial charge in [-0.05, 0) is 12.5 Å². The monoisotopic (exact) mass is 294 g/mol. The number of ether oxygens (including phenoxy) is 1. The van der Waals surface area contributed by atoms with E-state index in [1.165, 1.54) is 4.90 Å². The van der Waals surface area contributed by atoms with Crippen LogP contribution < -0.4 is 5.32 Å². The summed E-state index contributed by atoms with van der Waals surface area (Å²) in [7, 11) is 1.65. The van der Waals surface area contributed by atoms with Crippen molar-refractivity contribution in [1.82, 2.24) is 10.2 Å². The van der Waals surface area contributed by atoms with Gasteiger partial charge in [0.1, 0.15) is 0 Å². The summed E-state index contributed by atoms with van der Waals surface area (Å²) in [6.45, 7) is 3.46. The average Bonchev–Trinajstić information content (AvgIpc) is 2.48. The van der Waals surface area contributed by atoms with E-state index in [0.29, 0.717) is 25.3 Å². The van der Waals surface area contributed by atoms with Crippen LogP contribution in [0.25, 0.3) is 0 Å². The Morgan fingerprint density at radius 1 is 1.33 bits per heavy atom. The van der Waals surface area contributed by atoms with E-state index in [1.807, 2.05) is 13.0 Å². The first-order valence-electron chi connectivity index (χ1n) is 6.90. The van der Waals surface area contributed by atoms with Crippen LogP contribution in [0.3, 0.4) is 0 Å². The van der Waals surface area contributed by atoms with Gasteiger partial charge >= 0.3 is 12.0 Å². The first-order valence-corrected chi connectivity index (χ1v) is 6.90. The summed E-state index contributed by atoms with van der Waals surface area (Å²) in [6.07, 6.45) is 0. The molecule has 2 amide bonds. The summed E-state index contributed by atoms with van der Waals surface area (Å²) >= 11 is 0. The van der Waals surface area contributed by atoms with Crippen LogP contribution in [0.1, 0.15) is 18.4 Å². The third-order valence-electron chi connectivity index (χ3n) is 3.08. The maximum absolute atomic E-state index is 11.9. The molecule has 0 saturated carbocycles. The first kappa shape index (κ1) is 17.0. The van der Waals surface area contributed by atoms with Gasteiger partial charge in [-0.1, -0.05) is 30.3 Å². The van der Waals surface area contributed by atoms with Crippen molar-refractivity contribution in [3.05, 3.63) is 35.9 Å². The van der Waals surface area contributed by atoms with E-state index in [1.54, 1.807) is 31.3 Å². The van der Waals surface area contributed by atoms with Gasteiger partial charge in [0.25, 0.3) is 0 Å². The molecule has 6 nitrogen and oxygen atoms in total. The zero-order valence-corrected chi connectivity index (χ0v) is 12.4. The number of rotatable bonds is 8. The largest absolute Gasteiger partial charge is 0.481 e. The third-order valence-corrected chi connectivity index (χ3v) is 3.08. The van der Waals surface area contributed by atoms with Gasteiger partial charge in [-0.15, -0.1) is 0 Å². The zero-order chi connectivity index (χ0) is 15.7. The number of carbonyl (C=O) groups is 2. The quantitative estimate of drug-likeness (QED) is 0.713. The van der Waals surface area contributed by atoms with Crippen molar-refractivity contribution in [2.45, 2.75) is 12.8 Å². The van der Waals surface area contributed by atoms with Gasteiger partial charge in [-0.3, -0.25) is 4.79 Å². The minimum Gasteiger partial charge on any atom is -0.481 e. The number of benzene rings is 1. The standard InChI is InChI=1S/C15H22N2O4/c1-3-21-10-9-17(2)15(20)16-11-13(14(18)19)12-7-5-4-6-8-12/h4-8,13H,3,9-11H2,1-2H3,(H,16,20)(H,18,19). The number of amides is 2. The maximum Gasteiger partial charge on any atom is 0.317 e. The summed E-state index contributed by atoms with van der Waals surface area (Å²) in [6, 6.07) is 8.55. The number of urea groups is 1. The molecule has 0 aliphatic heterocycles. The van der Waals surface area contributed by atoms with Gasteiger partial charge in [-0.2, -0.15) is 0 Å². The molecule has 0 heterocycles. The van der Waals surface area contributed by atoms with Gasteiger partial charge in [-0.25, -0.2) is 4.79 Å². The lowest BCUT2D eigenvalue weighted by atomic mass is 9.99. The molecule has 0 aromatic heterocycles. The Balaban J connectivity index is 2.50. The smallest absolute Gasteiger partial charge is 0.317 e. The molecule has 1 aromatic rings. The fourth-order valence-corrected chi connectivity index (χ4v) is 1.80. The van der Waals surface area contributed by atoms with Crippen molar-refractivity contribution in [3.63, 3.8) is 0 Å². The van der Waals surface area contributed by atoms with E-state index < -0.39 is 11.9 Å². The number of hydrogen-bond donors (Lipinski definition) is 2. The van der Waals surface area contributed by atoms with Crippen molar-refractivity contribution >= 4 is 12.0 Å². The number of carbonyl (C=O) groups excluding carboxylic acids is 1. The minimum absolute atomic E-state index is 0.0527. The summed E-state index contributed by atoms with van der Waals surface area (Å²) in [5.74, 6) is -1.71. The van der Waals surface area contributed by atoms with Gasteiger partial charge in [0.05, 0.1) is 12.5 Å². The number of likely N-dealkylation sites (N-methyl/N-ethyl adjacent to an activating group) is 1. The Labute approximate surface area is 124 Å². The topological polar surface area (TPSA) is 78.9 Å². The highest BCUT2D eigenvalue weighted by Crippen LogP contribution is 2.14. The lowest BCUT2D eigenvalue weighted by molar-refractivity contribution is -0.138. The van der Waals surface area contributed by atoms with Gasteiger partial charge in [0, 0.05) is 26.7 Å².